The third-order valence-corrected chi connectivity index (χ3v) is 3.50. The van der Waals surface area contributed by atoms with Gasteiger partial charge in [0.15, 0.2) is 17.3 Å². The molecule has 0 amide bonds. The molecular formula is C18H22N2O3. The van der Waals surface area contributed by atoms with E-state index in [1.807, 2.05) is 0 Å². The van der Waals surface area contributed by atoms with Crippen molar-refractivity contribution in [2.24, 2.45) is 0 Å². The van der Waals surface area contributed by atoms with E-state index in [0.717, 1.165) is 11.3 Å². The highest BCUT2D eigenvalue weighted by Crippen LogP contribution is 2.28. The van der Waals surface area contributed by atoms with Gasteiger partial charge in [-0.3, -0.25) is 9.89 Å². The first-order valence-corrected chi connectivity index (χ1v) is 7.35. The quantitative estimate of drug-likeness (QED) is 0.676. The van der Waals surface area contributed by atoms with E-state index < -0.39 is 0 Å². The summed E-state index contributed by atoms with van der Waals surface area (Å²) in [6.45, 7) is 6.27. The number of hydrogen-bond acceptors (Lipinski definition) is 4. The maximum absolute atomic E-state index is 12.4. The molecule has 1 N–H and O–H groups in total. The Morgan fingerprint density at radius 1 is 1.17 bits per heavy atom. The Bertz CT molecular complexity index is 724. The second kappa shape index (κ2) is 6.69. The second-order valence-corrected chi connectivity index (χ2v) is 6.22. The Balaban J connectivity index is 2.24. The number of methoxy groups -OCH3 is 2. The van der Waals surface area contributed by atoms with Crippen molar-refractivity contribution < 1.29 is 14.3 Å². The lowest BCUT2D eigenvalue weighted by molar-refractivity contribution is 0.104. The molecule has 0 bridgehead atoms. The van der Waals surface area contributed by atoms with Crippen LogP contribution in [0.2, 0.25) is 0 Å². The van der Waals surface area contributed by atoms with Gasteiger partial charge in [-0.15, -0.1) is 0 Å². The minimum Gasteiger partial charge on any atom is -0.493 e. The minimum atomic E-state index is -0.105. The number of hydrogen-bond donors (Lipinski definition) is 1. The summed E-state index contributed by atoms with van der Waals surface area (Å²) in [5, 5.41) is 7.06. The highest BCUT2D eigenvalue weighted by Gasteiger charge is 2.18. The Labute approximate surface area is 136 Å². The number of rotatable bonds is 5. The average Bonchev–Trinajstić information content (AvgIpc) is 3.00. The van der Waals surface area contributed by atoms with Crippen LogP contribution in [0.1, 0.15) is 42.4 Å². The first-order chi connectivity index (χ1) is 10.9. The molecule has 1 heterocycles. The summed E-state index contributed by atoms with van der Waals surface area (Å²) in [6, 6.07) is 5.11. The van der Waals surface area contributed by atoms with Gasteiger partial charge >= 0.3 is 0 Å². The molecular weight excluding hydrogens is 292 g/mol. The summed E-state index contributed by atoms with van der Waals surface area (Å²) in [5.74, 6) is 1.02. The third kappa shape index (κ3) is 3.80. The van der Waals surface area contributed by atoms with Gasteiger partial charge in [-0.1, -0.05) is 20.8 Å². The fourth-order valence-electron chi connectivity index (χ4n) is 2.27. The predicted molar refractivity (Wildman–Crippen MR) is 90.2 cm³/mol. The monoisotopic (exact) mass is 314 g/mol. The highest BCUT2D eigenvalue weighted by atomic mass is 16.5. The first kappa shape index (κ1) is 16.8. The maximum Gasteiger partial charge on any atom is 0.185 e. The normalized spacial score (nSPS) is 11.7. The van der Waals surface area contributed by atoms with Crippen LogP contribution in [-0.4, -0.2) is 30.2 Å². The van der Waals surface area contributed by atoms with Crippen LogP contribution < -0.4 is 9.47 Å². The number of aromatic nitrogens is 2. The summed E-state index contributed by atoms with van der Waals surface area (Å²) in [5.41, 5.74) is 2.38. The smallest absolute Gasteiger partial charge is 0.185 e. The van der Waals surface area contributed by atoms with Crippen molar-refractivity contribution in [1.29, 1.82) is 0 Å². The minimum absolute atomic E-state index is 0.0669. The van der Waals surface area contributed by atoms with Gasteiger partial charge in [0.2, 0.25) is 0 Å². The van der Waals surface area contributed by atoms with Crippen LogP contribution in [0.4, 0.5) is 0 Å². The molecule has 1 aromatic heterocycles. The van der Waals surface area contributed by atoms with E-state index in [-0.39, 0.29) is 11.2 Å². The molecule has 0 saturated carbocycles. The van der Waals surface area contributed by atoms with Crippen molar-refractivity contribution in [3.8, 4) is 11.5 Å². The zero-order chi connectivity index (χ0) is 17.0. The molecule has 0 unspecified atom stereocenters. The number of carbonyl (C=O) groups excluding carboxylic acids is 1. The number of carbonyl (C=O) groups is 1. The van der Waals surface area contributed by atoms with E-state index in [1.54, 1.807) is 50.8 Å². The van der Waals surface area contributed by atoms with Crippen molar-refractivity contribution >= 4 is 11.9 Å². The molecule has 0 aliphatic heterocycles. The largest absolute Gasteiger partial charge is 0.493 e. The Hall–Kier alpha value is -2.56. The summed E-state index contributed by atoms with van der Waals surface area (Å²) in [4.78, 5) is 12.4. The number of nitrogens with one attached hydrogen (secondary N) is 1. The van der Waals surface area contributed by atoms with Gasteiger partial charge in [0.05, 0.1) is 20.4 Å². The zero-order valence-corrected chi connectivity index (χ0v) is 14.1. The molecule has 0 fully saturated rings. The number of nitrogens with zero attached hydrogens (tertiary/aromatic N) is 1. The summed E-state index contributed by atoms with van der Waals surface area (Å²) in [6.07, 6.45) is 5.05. The van der Waals surface area contributed by atoms with Crippen molar-refractivity contribution in [3.05, 3.63) is 47.3 Å². The Morgan fingerprint density at radius 3 is 2.48 bits per heavy atom. The number of allylic oxidation sites excluding steroid dienone is 1. The maximum atomic E-state index is 12.4. The third-order valence-electron chi connectivity index (χ3n) is 3.50. The molecule has 0 aliphatic rings. The van der Waals surface area contributed by atoms with Gasteiger partial charge in [-0.05, 0) is 30.4 Å². The van der Waals surface area contributed by atoms with Gasteiger partial charge in [0, 0.05) is 22.2 Å². The summed E-state index contributed by atoms with van der Waals surface area (Å²) < 4.78 is 10.4. The Kier molecular flexibility index (Phi) is 4.89. The zero-order valence-electron chi connectivity index (χ0n) is 14.1. The van der Waals surface area contributed by atoms with Gasteiger partial charge in [-0.25, -0.2) is 0 Å². The van der Waals surface area contributed by atoms with E-state index in [0.29, 0.717) is 17.1 Å². The van der Waals surface area contributed by atoms with Crippen LogP contribution in [0.5, 0.6) is 11.5 Å². The van der Waals surface area contributed by atoms with Crippen LogP contribution in [0.15, 0.2) is 30.5 Å². The molecule has 1 aromatic carbocycles. The molecule has 0 spiro atoms. The predicted octanol–water partition coefficient (Wildman–Crippen LogP) is 3.62. The SMILES string of the molecule is COc1ccc(C(=O)/C=C/c2cn[nH]c2C(C)(C)C)cc1OC. The topological polar surface area (TPSA) is 64.2 Å². The standard InChI is InChI=1S/C18H22N2O3/c1-18(2,3)17-13(11-19-20-17)6-8-14(21)12-7-9-15(22-4)16(10-12)23-5/h6-11H,1-5H3,(H,19,20)/b8-6+. The summed E-state index contributed by atoms with van der Waals surface area (Å²) >= 11 is 0. The molecule has 122 valence electrons. The van der Waals surface area contributed by atoms with E-state index in [9.17, 15) is 4.79 Å². The lowest BCUT2D eigenvalue weighted by atomic mass is 9.89. The van der Waals surface area contributed by atoms with Crippen LogP contribution in [-0.2, 0) is 5.41 Å². The number of ketones is 1. The lowest BCUT2D eigenvalue weighted by Gasteiger charge is -2.17. The van der Waals surface area contributed by atoms with Crippen molar-refractivity contribution in [2.75, 3.05) is 14.2 Å². The molecule has 23 heavy (non-hydrogen) atoms. The van der Waals surface area contributed by atoms with Crippen molar-refractivity contribution in [1.82, 2.24) is 10.2 Å². The van der Waals surface area contributed by atoms with E-state index >= 15 is 0 Å². The van der Waals surface area contributed by atoms with E-state index in [2.05, 4.69) is 31.0 Å². The van der Waals surface area contributed by atoms with E-state index in [4.69, 9.17) is 9.47 Å². The number of H-pyrrole nitrogens is 1. The van der Waals surface area contributed by atoms with Crippen molar-refractivity contribution in [3.63, 3.8) is 0 Å². The molecule has 0 saturated heterocycles. The fourth-order valence-corrected chi connectivity index (χ4v) is 2.27. The number of aromatic amines is 1. The van der Waals surface area contributed by atoms with Gasteiger partial charge in [-0.2, -0.15) is 5.10 Å². The van der Waals surface area contributed by atoms with Crippen LogP contribution in [0, 0.1) is 0 Å². The number of ether oxygens (including phenoxy) is 2. The van der Waals surface area contributed by atoms with Gasteiger partial charge < -0.3 is 9.47 Å². The molecule has 0 radical (unpaired) electrons. The summed E-state index contributed by atoms with van der Waals surface area (Å²) in [7, 11) is 3.11. The Morgan fingerprint density at radius 2 is 1.87 bits per heavy atom. The molecule has 0 atom stereocenters. The van der Waals surface area contributed by atoms with Crippen LogP contribution in [0.25, 0.3) is 6.08 Å². The average molecular weight is 314 g/mol. The van der Waals surface area contributed by atoms with Gasteiger partial charge in [0.25, 0.3) is 0 Å². The van der Waals surface area contributed by atoms with Crippen LogP contribution >= 0.6 is 0 Å². The number of benzene rings is 1. The second-order valence-electron chi connectivity index (χ2n) is 6.22. The first-order valence-electron chi connectivity index (χ1n) is 7.35. The van der Waals surface area contributed by atoms with Crippen molar-refractivity contribution in [2.45, 2.75) is 26.2 Å². The molecule has 2 rings (SSSR count). The van der Waals surface area contributed by atoms with Gasteiger partial charge in [0.1, 0.15) is 0 Å². The molecule has 0 aliphatic carbocycles. The van der Waals surface area contributed by atoms with Crippen LogP contribution in [0.3, 0.4) is 0 Å². The van der Waals surface area contributed by atoms with E-state index in [1.165, 1.54) is 0 Å². The highest BCUT2D eigenvalue weighted by molar-refractivity contribution is 6.07. The lowest BCUT2D eigenvalue weighted by Crippen LogP contribution is -2.13. The molecule has 5 heteroatoms. The molecule has 2 aromatic rings. The fraction of sp³-hybridized carbons (Fsp3) is 0.333. The molecule has 5 nitrogen and oxygen atoms in total.